The smallest absolute Gasteiger partial charge is 0.193 e. The molecule has 1 aromatic rings. The van der Waals surface area contributed by atoms with Crippen LogP contribution in [0, 0.1) is 5.92 Å². The number of guanidine groups is 1. The van der Waals surface area contributed by atoms with Crippen molar-refractivity contribution < 1.29 is 9.47 Å². The molecule has 1 heterocycles. The number of rotatable bonds is 5. The third-order valence-corrected chi connectivity index (χ3v) is 4.42. The van der Waals surface area contributed by atoms with Gasteiger partial charge in [0.1, 0.15) is 5.75 Å². The fourth-order valence-electron chi connectivity index (χ4n) is 2.59. The number of nitrogens with one attached hydrogen (secondary N) is 1. The van der Waals surface area contributed by atoms with Crippen molar-refractivity contribution in [3.63, 3.8) is 0 Å². The molecule has 1 saturated heterocycles. The van der Waals surface area contributed by atoms with E-state index in [0.29, 0.717) is 5.92 Å². The molecule has 0 saturated carbocycles. The summed E-state index contributed by atoms with van der Waals surface area (Å²) in [7, 11) is 5.55. The average molecular weight is 498 g/mol. The Balaban J connectivity index is 0.00000264. The first-order valence-electron chi connectivity index (χ1n) is 7.46. The number of methoxy groups -OCH3 is 1. The second-order valence-corrected chi connectivity index (χ2v) is 6.33. The van der Waals surface area contributed by atoms with Gasteiger partial charge in [-0.1, -0.05) is 6.07 Å². The number of hydrogen-bond donors (Lipinski definition) is 1. The van der Waals surface area contributed by atoms with Crippen LogP contribution in [0.15, 0.2) is 27.7 Å². The molecule has 0 aromatic heterocycles. The van der Waals surface area contributed by atoms with E-state index in [1.165, 1.54) is 5.56 Å². The van der Waals surface area contributed by atoms with Crippen LogP contribution in [0.25, 0.3) is 0 Å². The molecule has 0 aliphatic carbocycles. The minimum Gasteiger partial charge on any atom is -0.496 e. The van der Waals surface area contributed by atoms with Gasteiger partial charge in [-0.3, -0.25) is 4.99 Å². The molecule has 0 bridgehead atoms. The lowest BCUT2D eigenvalue weighted by atomic mass is 10.1. The molecule has 0 spiro atoms. The van der Waals surface area contributed by atoms with Gasteiger partial charge in [-0.05, 0) is 40.0 Å². The largest absolute Gasteiger partial charge is 0.496 e. The third-order valence-electron chi connectivity index (χ3n) is 3.80. The van der Waals surface area contributed by atoms with E-state index in [2.05, 4.69) is 50.3 Å². The first kappa shape index (κ1) is 20.5. The summed E-state index contributed by atoms with van der Waals surface area (Å²) in [5, 5.41) is 3.40. The van der Waals surface area contributed by atoms with E-state index in [1.54, 1.807) is 7.11 Å². The van der Waals surface area contributed by atoms with Gasteiger partial charge in [0, 0.05) is 39.7 Å². The highest BCUT2D eigenvalue weighted by atomic mass is 127. The lowest BCUT2D eigenvalue weighted by Crippen LogP contribution is -2.41. The maximum absolute atomic E-state index is 5.43. The molecular weight excluding hydrogens is 473 g/mol. The van der Waals surface area contributed by atoms with E-state index in [9.17, 15) is 0 Å². The van der Waals surface area contributed by atoms with Gasteiger partial charge in [0.25, 0.3) is 0 Å². The first-order valence-corrected chi connectivity index (χ1v) is 8.25. The molecular formula is C16H25BrIN3O2. The van der Waals surface area contributed by atoms with E-state index < -0.39 is 0 Å². The zero-order chi connectivity index (χ0) is 15.9. The summed E-state index contributed by atoms with van der Waals surface area (Å²) >= 11 is 3.51. The highest BCUT2D eigenvalue weighted by Gasteiger charge is 2.19. The van der Waals surface area contributed by atoms with Crippen molar-refractivity contribution in [3.8, 4) is 5.75 Å². The lowest BCUT2D eigenvalue weighted by Gasteiger charge is -2.24. The Hall–Kier alpha value is -0.540. The number of nitrogens with zero attached hydrogens (tertiary/aromatic N) is 2. The van der Waals surface area contributed by atoms with Gasteiger partial charge in [0.2, 0.25) is 0 Å². The van der Waals surface area contributed by atoms with Gasteiger partial charge in [-0.15, -0.1) is 24.0 Å². The Labute approximate surface area is 164 Å². The SMILES string of the molecule is CN=C(NCc1ccc(OC)c(Br)c1)N(C)CC1CCOC1.I. The molecule has 2 rings (SSSR count). The van der Waals surface area contributed by atoms with Crippen LogP contribution < -0.4 is 10.1 Å². The van der Waals surface area contributed by atoms with Gasteiger partial charge in [-0.2, -0.15) is 0 Å². The van der Waals surface area contributed by atoms with Gasteiger partial charge >= 0.3 is 0 Å². The van der Waals surface area contributed by atoms with Crippen molar-refractivity contribution in [1.29, 1.82) is 0 Å². The predicted octanol–water partition coefficient (Wildman–Crippen LogP) is 3.12. The van der Waals surface area contributed by atoms with Crippen molar-refractivity contribution in [1.82, 2.24) is 10.2 Å². The molecule has 23 heavy (non-hydrogen) atoms. The average Bonchev–Trinajstić information content (AvgIpc) is 3.01. The first-order chi connectivity index (χ1) is 10.6. The van der Waals surface area contributed by atoms with E-state index in [0.717, 1.165) is 48.9 Å². The molecule has 1 N–H and O–H groups in total. The maximum Gasteiger partial charge on any atom is 0.193 e. The van der Waals surface area contributed by atoms with Crippen LogP contribution in [0.4, 0.5) is 0 Å². The van der Waals surface area contributed by atoms with Crippen LogP contribution in [0.3, 0.4) is 0 Å². The van der Waals surface area contributed by atoms with Crippen LogP contribution in [0.2, 0.25) is 0 Å². The Morgan fingerprint density at radius 2 is 2.30 bits per heavy atom. The summed E-state index contributed by atoms with van der Waals surface area (Å²) in [6.07, 6.45) is 1.13. The molecule has 130 valence electrons. The summed E-state index contributed by atoms with van der Waals surface area (Å²) in [5.41, 5.74) is 1.17. The highest BCUT2D eigenvalue weighted by Crippen LogP contribution is 2.25. The lowest BCUT2D eigenvalue weighted by molar-refractivity contribution is 0.181. The number of benzene rings is 1. The normalized spacial score (nSPS) is 17.6. The molecule has 1 aliphatic rings. The Kier molecular flexibility index (Phi) is 9.23. The Bertz CT molecular complexity index is 522. The van der Waals surface area contributed by atoms with Crippen LogP contribution >= 0.6 is 39.9 Å². The number of hydrogen-bond acceptors (Lipinski definition) is 3. The van der Waals surface area contributed by atoms with Gasteiger partial charge < -0.3 is 19.7 Å². The van der Waals surface area contributed by atoms with Gasteiger partial charge in [0.05, 0.1) is 18.2 Å². The monoisotopic (exact) mass is 497 g/mol. The Morgan fingerprint density at radius 1 is 1.52 bits per heavy atom. The van der Waals surface area contributed by atoms with Crippen molar-refractivity contribution >= 4 is 45.9 Å². The fraction of sp³-hybridized carbons (Fsp3) is 0.562. The van der Waals surface area contributed by atoms with Crippen molar-refractivity contribution in [2.75, 3.05) is 41.0 Å². The highest BCUT2D eigenvalue weighted by molar-refractivity contribution is 14.0. The topological polar surface area (TPSA) is 46.1 Å². The minimum absolute atomic E-state index is 0. The zero-order valence-corrected chi connectivity index (χ0v) is 17.8. The van der Waals surface area contributed by atoms with E-state index in [4.69, 9.17) is 9.47 Å². The van der Waals surface area contributed by atoms with Crippen LogP contribution in [-0.4, -0.2) is 51.8 Å². The van der Waals surface area contributed by atoms with Crippen LogP contribution in [0.5, 0.6) is 5.75 Å². The number of ether oxygens (including phenoxy) is 2. The van der Waals surface area contributed by atoms with Crippen molar-refractivity contribution in [2.45, 2.75) is 13.0 Å². The fourth-order valence-corrected chi connectivity index (χ4v) is 3.17. The van der Waals surface area contributed by atoms with Crippen LogP contribution in [0.1, 0.15) is 12.0 Å². The van der Waals surface area contributed by atoms with Crippen molar-refractivity contribution in [3.05, 3.63) is 28.2 Å². The van der Waals surface area contributed by atoms with E-state index in [-0.39, 0.29) is 24.0 Å². The zero-order valence-electron chi connectivity index (χ0n) is 13.8. The predicted molar refractivity (Wildman–Crippen MR) is 108 cm³/mol. The molecule has 1 aliphatic heterocycles. The van der Waals surface area contributed by atoms with Gasteiger partial charge in [0.15, 0.2) is 5.96 Å². The molecule has 0 radical (unpaired) electrons. The summed E-state index contributed by atoms with van der Waals surface area (Å²) in [5.74, 6) is 2.34. The van der Waals surface area contributed by atoms with Crippen LogP contribution in [-0.2, 0) is 11.3 Å². The second-order valence-electron chi connectivity index (χ2n) is 5.48. The quantitative estimate of drug-likeness (QED) is 0.385. The molecule has 7 heteroatoms. The molecule has 5 nitrogen and oxygen atoms in total. The maximum atomic E-state index is 5.43. The standard InChI is InChI=1S/C16H24BrN3O2.HI/c1-18-16(20(2)10-13-6-7-22-11-13)19-9-12-4-5-15(21-3)14(17)8-12;/h4-5,8,13H,6-7,9-11H2,1-3H3,(H,18,19);1H. The van der Waals surface area contributed by atoms with E-state index in [1.807, 2.05) is 13.1 Å². The number of halogens is 2. The minimum atomic E-state index is 0. The molecule has 1 unspecified atom stereocenters. The summed E-state index contributed by atoms with van der Waals surface area (Å²) < 4.78 is 11.6. The summed E-state index contributed by atoms with van der Waals surface area (Å²) in [6.45, 7) is 3.42. The number of aliphatic imine (C=N–C) groups is 1. The molecule has 1 atom stereocenters. The Morgan fingerprint density at radius 3 is 2.87 bits per heavy atom. The molecule has 0 amide bonds. The van der Waals surface area contributed by atoms with Crippen molar-refractivity contribution in [2.24, 2.45) is 10.9 Å². The third kappa shape index (κ3) is 6.11. The molecule has 1 fully saturated rings. The molecule has 1 aromatic carbocycles. The van der Waals surface area contributed by atoms with E-state index >= 15 is 0 Å². The second kappa shape index (κ2) is 10.4. The summed E-state index contributed by atoms with van der Waals surface area (Å²) in [6, 6.07) is 6.07. The van der Waals surface area contributed by atoms with Gasteiger partial charge in [-0.25, -0.2) is 0 Å². The summed E-state index contributed by atoms with van der Waals surface area (Å²) in [4.78, 5) is 6.52.